The van der Waals surface area contributed by atoms with Gasteiger partial charge in [-0.3, -0.25) is 9.59 Å². The van der Waals surface area contributed by atoms with Gasteiger partial charge in [-0.05, 0) is 25.7 Å². The summed E-state index contributed by atoms with van der Waals surface area (Å²) in [7, 11) is 0. The van der Waals surface area contributed by atoms with Crippen molar-refractivity contribution in [3.05, 3.63) is 0 Å². The Morgan fingerprint density at radius 3 is 1.21 bits per heavy atom. The molecule has 0 saturated carbocycles. The Labute approximate surface area is 138 Å². The number of carboxylic acid groups (broad SMARTS) is 4. The van der Waals surface area contributed by atoms with Gasteiger partial charge in [0.15, 0.2) is 12.1 Å². The molecule has 2 atom stereocenters. The molecular formula is C14H22N2O8. The van der Waals surface area contributed by atoms with Crippen LogP contribution in [0.25, 0.3) is 0 Å². The normalized spacial score (nSPS) is 13.5. The van der Waals surface area contributed by atoms with Crippen molar-refractivity contribution >= 4 is 23.9 Å². The van der Waals surface area contributed by atoms with Crippen LogP contribution in [0.1, 0.15) is 51.4 Å². The van der Waals surface area contributed by atoms with Crippen LogP contribution in [0.3, 0.4) is 0 Å². The Bertz CT molecular complexity index is 435. The van der Waals surface area contributed by atoms with Gasteiger partial charge in [-0.1, -0.05) is 12.8 Å². The summed E-state index contributed by atoms with van der Waals surface area (Å²) in [5.41, 5.74) is 0. The van der Waals surface area contributed by atoms with Crippen molar-refractivity contribution in [2.45, 2.75) is 63.5 Å². The van der Waals surface area contributed by atoms with Crippen LogP contribution in [0.4, 0.5) is 0 Å². The molecule has 10 nitrogen and oxygen atoms in total. The van der Waals surface area contributed by atoms with Gasteiger partial charge in [0.2, 0.25) is 0 Å². The predicted molar refractivity (Wildman–Crippen MR) is 79.9 cm³/mol. The molecule has 0 radical (unpaired) electrons. The number of carboxylic acids is 4. The number of hydrogen-bond donors (Lipinski definition) is 4. The van der Waals surface area contributed by atoms with Gasteiger partial charge in [0.1, 0.15) is 0 Å². The number of rotatable bonds is 14. The molecule has 0 saturated heterocycles. The topological polar surface area (TPSA) is 174 Å². The molecule has 0 aromatic rings. The first-order valence-electron chi connectivity index (χ1n) is 7.53. The zero-order valence-electron chi connectivity index (χ0n) is 13.1. The van der Waals surface area contributed by atoms with Gasteiger partial charge >= 0.3 is 23.9 Å². The van der Waals surface area contributed by atoms with Crippen LogP contribution in [0.15, 0.2) is 10.2 Å². The van der Waals surface area contributed by atoms with Crippen molar-refractivity contribution in [1.29, 1.82) is 0 Å². The summed E-state index contributed by atoms with van der Waals surface area (Å²) in [4.78, 5) is 42.9. The molecule has 0 heterocycles. The average molecular weight is 346 g/mol. The minimum absolute atomic E-state index is 0.0669. The molecule has 0 aliphatic carbocycles. The van der Waals surface area contributed by atoms with Gasteiger partial charge in [-0.25, -0.2) is 9.59 Å². The van der Waals surface area contributed by atoms with Crippen molar-refractivity contribution in [3.63, 3.8) is 0 Å². The maximum absolute atomic E-state index is 11.1. The van der Waals surface area contributed by atoms with Gasteiger partial charge in [-0.2, -0.15) is 10.2 Å². The van der Waals surface area contributed by atoms with Gasteiger partial charge in [0.05, 0.1) is 0 Å². The first-order valence-corrected chi connectivity index (χ1v) is 7.53. The summed E-state index contributed by atoms with van der Waals surface area (Å²) in [6.07, 6.45) is 1.21. The third kappa shape index (κ3) is 11.1. The molecule has 10 heteroatoms. The fourth-order valence-corrected chi connectivity index (χ4v) is 1.85. The van der Waals surface area contributed by atoms with E-state index in [1.165, 1.54) is 0 Å². The maximum Gasteiger partial charge on any atom is 0.330 e. The van der Waals surface area contributed by atoms with Crippen LogP contribution in [0, 0.1) is 0 Å². The van der Waals surface area contributed by atoms with Gasteiger partial charge in [0.25, 0.3) is 0 Å². The van der Waals surface area contributed by atoms with Crippen LogP contribution in [-0.4, -0.2) is 56.4 Å². The lowest BCUT2D eigenvalue weighted by Crippen LogP contribution is -2.21. The van der Waals surface area contributed by atoms with Crippen molar-refractivity contribution in [1.82, 2.24) is 0 Å². The molecule has 0 aromatic heterocycles. The van der Waals surface area contributed by atoms with Crippen molar-refractivity contribution in [3.8, 4) is 0 Å². The lowest BCUT2D eigenvalue weighted by atomic mass is 10.1. The van der Waals surface area contributed by atoms with E-state index in [1.54, 1.807) is 0 Å². The molecule has 136 valence electrons. The highest BCUT2D eigenvalue weighted by Crippen LogP contribution is 2.12. The number of azo groups is 1. The monoisotopic (exact) mass is 346 g/mol. The maximum atomic E-state index is 11.1. The predicted octanol–water partition coefficient (Wildman–Crippen LogP) is 1.64. The number of aliphatic carboxylic acids is 4. The summed E-state index contributed by atoms with van der Waals surface area (Å²) in [6, 6.07) is -2.45. The number of nitrogens with zero attached hydrogens (tertiary/aromatic N) is 2. The van der Waals surface area contributed by atoms with E-state index >= 15 is 0 Å². The molecule has 0 aliphatic heterocycles. The Morgan fingerprint density at radius 1 is 0.625 bits per heavy atom. The second-order valence-electron chi connectivity index (χ2n) is 5.22. The smallest absolute Gasteiger partial charge is 0.330 e. The van der Waals surface area contributed by atoms with Gasteiger partial charge in [-0.15, -0.1) is 0 Å². The molecule has 0 bridgehead atoms. The highest BCUT2D eigenvalue weighted by atomic mass is 16.4. The first-order chi connectivity index (χ1) is 11.2. The van der Waals surface area contributed by atoms with E-state index in [-0.39, 0.29) is 25.7 Å². The van der Waals surface area contributed by atoms with Crippen molar-refractivity contribution < 1.29 is 39.6 Å². The third-order valence-corrected chi connectivity index (χ3v) is 3.15. The Hall–Kier alpha value is -2.52. The number of carbonyl (C=O) groups is 4. The Morgan fingerprint density at radius 2 is 0.958 bits per heavy atom. The van der Waals surface area contributed by atoms with Gasteiger partial charge in [0, 0.05) is 12.8 Å². The third-order valence-electron chi connectivity index (χ3n) is 3.15. The minimum Gasteiger partial charge on any atom is -0.481 e. The molecule has 0 spiro atoms. The summed E-state index contributed by atoms with van der Waals surface area (Å²) in [6.45, 7) is 0. The summed E-state index contributed by atoms with van der Waals surface area (Å²) in [5.74, 6) is -4.47. The molecule has 24 heavy (non-hydrogen) atoms. The van der Waals surface area contributed by atoms with Crippen LogP contribution in [0.2, 0.25) is 0 Å². The van der Waals surface area contributed by atoms with Crippen LogP contribution in [-0.2, 0) is 19.2 Å². The van der Waals surface area contributed by atoms with Gasteiger partial charge < -0.3 is 20.4 Å². The highest BCUT2D eigenvalue weighted by Gasteiger charge is 2.20. The lowest BCUT2D eigenvalue weighted by molar-refractivity contribution is -0.140. The van der Waals surface area contributed by atoms with E-state index in [2.05, 4.69) is 10.2 Å². The quantitative estimate of drug-likeness (QED) is 0.271. The summed E-state index contributed by atoms with van der Waals surface area (Å²) >= 11 is 0. The fourth-order valence-electron chi connectivity index (χ4n) is 1.85. The second-order valence-corrected chi connectivity index (χ2v) is 5.22. The Kier molecular flexibility index (Phi) is 10.7. The summed E-state index contributed by atoms with van der Waals surface area (Å²) in [5, 5.41) is 42.2. The average Bonchev–Trinajstić information content (AvgIpc) is 2.46. The lowest BCUT2D eigenvalue weighted by Gasteiger charge is -2.09. The molecular weight excluding hydrogens is 324 g/mol. The molecule has 0 rings (SSSR count). The standard InChI is InChI=1S/C14H22N2O8/c17-11(18)7-3-1-5-9(13(21)22)15-16-10(14(23)24)6-2-4-8-12(19)20/h9-10H,1-8H2,(H,17,18)(H,19,20)(H,21,22)(H,23,24). The Balaban J connectivity index is 4.46. The molecule has 2 unspecified atom stereocenters. The fraction of sp³-hybridized carbons (Fsp3) is 0.714. The van der Waals surface area contributed by atoms with E-state index in [0.29, 0.717) is 25.7 Å². The number of hydrogen-bond acceptors (Lipinski definition) is 6. The number of unbranched alkanes of at least 4 members (excludes halogenated alkanes) is 2. The zero-order valence-corrected chi connectivity index (χ0v) is 13.1. The largest absolute Gasteiger partial charge is 0.481 e. The van der Waals surface area contributed by atoms with E-state index in [4.69, 9.17) is 20.4 Å². The molecule has 4 N–H and O–H groups in total. The van der Waals surface area contributed by atoms with E-state index in [1.807, 2.05) is 0 Å². The van der Waals surface area contributed by atoms with E-state index in [0.717, 1.165) is 0 Å². The molecule has 0 amide bonds. The zero-order chi connectivity index (χ0) is 18.5. The molecule has 0 aromatic carbocycles. The summed E-state index contributed by atoms with van der Waals surface area (Å²) < 4.78 is 0. The first kappa shape index (κ1) is 21.5. The van der Waals surface area contributed by atoms with Crippen molar-refractivity contribution in [2.75, 3.05) is 0 Å². The van der Waals surface area contributed by atoms with Crippen molar-refractivity contribution in [2.24, 2.45) is 10.2 Å². The van der Waals surface area contributed by atoms with E-state index in [9.17, 15) is 19.2 Å². The van der Waals surface area contributed by atoms with Crippen LogP contribution >= 0.6 is 0 Å². The van der Waals surface area contributed by atoms with Crippen LogP contribution in [0.5, 0.6) is 0 Å². The second kappa shape index (κ2) is 12.0. The minimum atomic E-state index is -1.26. The van der Waals surface area contributed by atoms with Crippen LogP contribution < -0.4 is 0 Å². The molecule has 0 aliphatic rings. The SMILES string of the molecule is O=C(O)CCCCC(N=NC(CCCCC(=O)O)C(=O)O)C(=O)O. The highest BCUT2D eigenvalue weighted by molar-refractivity contribution is 5.74. The molecule has 0 fully saturated rings. The van der Waals surface area contributed by atoms with E-state index < -0.39 is 36.0 Å².